The summed E-state index contributed by atoms with van der Waals surface area (Å²) >= 11 is 1.07. The zero-order valence-corrected chi connectivity index (χ0v) is 17.9. The van der Waals surface area contributed by atoms with Gasteiger partial charge in [0.1, 0.15) is 11.9 Å². The Labute approximate surface area is 184 Å². The van der Waals surface area contributed by atoms with Crippen molar-refractivity contribution in [1.82, 2.24) is 14.9 Å². The van der Waals surface area contributed by atoms with Crippen molar-refractivity contribution >= 4 is 29.0 Å². The van der Waals surface area contributed by atoms with Gasteiger partial charge in [0.25, 0.3) is 5.91 Å². The molecule has 0 bridgehead atoms. The number of halogens is 1. The van der Waals surface area contributed by atoms with Crippen molar-refractivity contribution < 1.29 is 14.0 Å². The van der Waals surface area contributed by atoms with Gasteiger partial charge in [0.15, 0.2) is 5.69 Å². The number of benzene rings is 2. The Hall–Kier alpha value is -3.13. The molecule has 1 aliphatic rings. The van der Waals surface area contributed by atoms with Crippen LogP contribution in [-0.2, 0) is 4.79 Å². The maximum atomic E-state index is 13.7. The third-order valence-electron chi connectivity index (χ3n) is 5.57. The van der Waals surface area contributed by atoms with Crippen LogP contribution in [0.15, 0.2) is 53.9 Å². The van der Waals surface area contributed by atoms with Gasteiger partial charge in [-0.2, -0.15) is 0 Å². The van der Waals surface area contributed by atoms with Gasteiger partial charge in [-0.25, -0.2) is 4.39 Å². The first-order valence-corrected chi connectivity index (χ1v) is 11.1. The molecule has 1 fully saturated rings. The Morgan fingerprint density at radius 2 is 1.84 bits per heavy atom. The van der Waals surface area contributed by atoms with Gasteiger partial charge in [-0.15, -0.1) is 5.10 Å². The average Bonchev–Trinajstić information content (AvgIpc) is 3.47. The predicted molar refractivity (Wildman–Crippen MR) is 117 cm³/mol. The molecule has 1 unspecified atom stereocenters. The highest BCUT2D eigenvalue weighted by molar-refractivity contribution is 7.03. The van der Waals surface area contributed by atoms with Crippen LogP contribution in [0.1, 0.15) is 53.3 Å². The lowest BCUT2D eigenvalue weighted by molar-refractivity contribution is -0.123. The zero-order valence-electron chi connectivity index (χ0n) is 17.1. The SMILES string of the molecule is Cc1ccccc1N(C(=O)c1csnn1)C(C(=O)NC1CCCC1)c1ccc(F)cc1. The van der Waals surface area contributed by atoms with Gasteiger partial charge in [-0.3, -0.25) is 14.5 Å². The first-order valence-electron chi connectivity index (χ1n) is 10.3. The van der Waals surface area contributed by atoms with E-state index in [1.165, 1.54) is 17.0 Å². The second kappa shape index (κ2) is 9.34. The number of rotatable bonds is 6. The lowest BCUT2D eigenvalue weighted by Gasteiger charge is -2.32. The fourth-order valence-corrected chi connectivity index (χ4v) is 4.42. The molecule has 6 nitrogen and oxygen atoms in total. The van der Waals surface area contributed by atoms with E-state index in [4.69, 9.17) is 0 Å². The van der Waals surface area contributed by atoms with Gasteiger partial charge in [0.05, 0.1) is 0 Å². The van der Waals surface area contributed by atoms with Gasteiger partial charge in [-0.05, 0) is 60.6 Å². The molecular formula is C23H23FN4O2S. The highest BCUT2D eigenvalue weighted by atomic mass is 32.1. The van der Waals surface area contributed by atoms with Crippen LogP contribution in [0.3, 0.4) is 0 Å². The average molecular weight is 439 g/mol. The summed E-state index contributed by atoms with van der Waals surface area (Å²) in [7, 11) is 0. The summed E-state index contributed by atoms with van der Waals surface area (Å²) in [6, 6.07) is 12.2. The third kappa shape index (κ3) is 4.64. The van der Waals surface area contributed by atoms with Crippen molar-refractivity contribution in [3.05, 3.63) is 76.5 Å². The molecule has 160 valence electrons. The van der Waals surface area contributed by atoms with Gasteiger partial charge in [-0.1, -0.05) is 47.7 Å². The summed E-state index contributed by atoms with van der Waals surface area (Å²) in [6.45, 7) is 1.88. The van der Waals surface area contributed by atoms with Crippen molar-refractivity contribution in [3.8, 4) is 0 Å². The maximum Gasteiger partial charge on any atom is 0.280 e. The number of hydrogen-bond acceptors (Lipinski definition) is 5. The second-order valence-electron chi connectivity index (χ2n) is 7.70. The zero-order chi connectivity index (χ0) is 21.8. The van der Waals surface area contributed by atoms with E-state index >= 15 is 0 Å². The lowest BCUT2D eigenvalue weighted by atomic mass is 10.0. The monoisotopic (exact) mass is 438 g/mol. The molecule has 0 spiro atoms. The molecule has 4 rings (SSSR count). The highest BCUT2D eigenvalue weighted by Crippen LogP contribution is 2.32. The molecule has 31 heavy (non-hydrogen) atoms. The van der Waals surface area contributed by atoms with Crippen LogP contribution in [-0.4, -0.2) is 27.4 Å². The number of carbonyl (C=O) groups excluding carboxylic acids is 2. The van der Waals surface area contributed by atoms with E-state index in [2.05, 4.69) is 14.9 Å². The number of nitrogens with one attached hydrogen (secondary N) is 1. The Morgan fingerprint density at radius 1 is 1.13 bits per heavy atom. The fraction of sp³-hybridized carbons (Fsp3) is 0.304. The van der Waals surface area contributed by atoms with Crippen molar-refractivity contribution in [1.29, 1.82) is 0 Å². The van der Waals surface area contributed by atoms with Crippen molar-refractivity contribution in [3.63, 3.8) is 0 Å². The van der Waals surface area contributed by atoms with E-state index in [0.717, 1.165) is 42.8 Å². The summed E-state index contributed by atoms with van der Waals surface area (Å²) in [5, 5.41) is 8.59. The normalized spacial score (nSPS) is 14.9. The minimum absolute atomic E-state index is 0.0743. The number of aryl methyl sites for hydroxylation is 1. The highest BCUT2D eigenvalue weighted by Gasteiger charge is 2.36. The van der Waals surface area contributed by atoms with E-state index < -0.39 is 17.8 Å². The smallest absolute Gasteiger partial charge is 0.280 e. The van der Waals surface area contributed by atoms with E-state index in [-0.39, 0.29) is 17.6 Å². The number of para-hydroxylation sites is 1. The molecule has 1 aromatic heterocycles. The first-order chi connectivity index (χ1) is 15.0. The van der Waals surface area contributed by atoms with Crippen molar-refractivity contribution in [2.45, 2.75) is 44.7 Å². The van der Waals surface area contributed by atoms with Gasteiger partial charge < -0.3 is 5.32 Å². The van der Waals surface area contributed by atoms with Crippen LogP contribution in [0.2, 0.25) is 0 Å². The molecular weight excluding hydrogens is 415 g/mol. The number of hydrogen-bond donors (Lipinski definition) is 1. The molecule has 1 aliphatic carbocycles. The molecule has 1 atom stereocenters. The molecule has 0 aliphatic heterocycles. The van der Waals surface area contributed by atoms with Crippen LogP contribution < -0.4 is 10.2 Å². The van der Waals surface area contributed by atoms with E-state index in [1.807, 2.05) is 25.1 Å². The van der Waals surface area contributed by atoms with Gasteiger partial charge in [0, 0.05) is 17.1 Å². The Morgan fingerprint density at radius 3 is 2.48 bits per heavy atom. The Bertz CT molecular complexity index is 1050. The van der Waals surface area contributed by atoms with E-state index in [9.17, 15) is 14.0 Å². The molecule has 1 saturated carbocycles. The Kier molecular flexibility index (Phi) is 6.36. The summed E-state index contributed by atoms with van der Waals surface area (Å²) in [5.41, 5.74) is 2.11. The molecule has 8 heteroatoms. The topological polar surface area (TPSA) is 75.2 Å². The standard InChI is InChI=1S/C23H23FN4O2S/c1-15-6-2-5-9-20(15)28(23(30)19-14-31-27-26-19)21(16-10-12-17(24)13-11-16)22(29)25-18-7-3-4-8-18/h2,5-6,9-14,18,21H,3-4,7-8H2,1H3,(H,25,29). The van der Waals surface area contributed by atoms with Crippen LogP contribution in [0.5, 0.6) is 0 Å². The third-order valence-corrected chi connectivity index (χ3v) is 6.07. The minimum Gasteiger partial charge on any atom is -0.351 e. The summed E-state index contributed by atoms with van der Waals surface area (Å²) in [5.74, 6) is -1.13. The molecule has 0 saturated heterocycles. The number of nitrogens with zero attached hydrogens (tertiary/aromatic N) is 3. The molecule has 2 amide bonds. The molecule has 3 aromatic rings. The first kappa shape index (κ1) is 21.1. The quantitative estimate of drug-likeness (QED) is 0.618. The summed E-state index contributed by atoms with van der Waals surface area (Å²) in [4.78, 5) is 28.6. The minimum atomic E-state index is -0.975. The van der Waals surface area contributed by atoms with Crippen LogP contribution in [0.4, 0.5) is 10.1 Å². The van der Waals surface area contributed by atoms with E-state index in [0.29, 0.717) is 11.3 Å². The van der Waals surface area contributed by atoms with Gasteiger partial charge >= 0.3 is 0 Å². The molecule has 1 heterocycles. The maximum absolute atomic E-state index is 13.7. The lowest BCUT2D eigenvalue weighted by Crippen LogP contribution is -2.46. The number of anilines is 1. The van der Waals surface area contributed by atoms with Crippen LogP contribution in [0, 0.1) is 12.7 Å². The fourth-order valence-electron chi connectivity index (χ4n) is 3.99. The summed E-state index contributed by atoms with van der Waals surface area (Å²) in [6.07, 6.45) is 3.96. The second-order valence-corrected chi connectivity index (χ2v) is 8.31. The number of amides is 2. The molecule has 1 N–H and O–H groups in total. The number of aromatic nitrogens is 2. The van der Waals surface area contributed by atoms with Crippen molar-refractivity contribution in [2.75, 3.05) is 4.90 Å². The van der Waals surface area contributed by atoms with Crippen molar-refractivity contribution in [2.24, 2.45) is 0 Å². The Balaban J connectivity index is 1.82. The predicted octanol–water partition coefficient (Wildman–Crippen LogP) is 4.43. The summed E-state index contributed by atoms with van der Waals surface area (Å²) < 4.78 is 17.5. The van der Waals surface area contributed by atoms with Crippen LogP contribution in [0.25, 0.3) is 0 Å². The van der Waals surface area contributed by atoms with Gasteiger partial charge in [0.2, 0.25) is 5.91 Å². The largest absolute Gasteiger partial charge is 0.351 e. The van der Waals surface area contributed by atoms with Crippen LogP contribution >= 0.6 is 11.5 Å². The molecule has 0 radical (unpaired) electrons. The van der Waals surface area contributed by atoms with E-state index in [1.54, 1.807) is 23.6 Å². The molecule has 2 aromatic carbocycles. The number of carbonyl (C=O) groups is 2.